The third-order valence-electron chi connectivity index (χ3n) is 2.41. The van der Waals surface area contributed by atoms with E-state index in [1.807, 2.05) is 6.92 Å². The molecule has 0 aliphatic carbocycles. The van der Waals surface area contributed by atoms with Crippen molar-refractivity contribution in [3.63, 3.8) is 0 Å². The van der Waals surface area contributed by atoms with Crippen molar-refractivity contribution in [2.75, 3.05) is 13.1 Å². The average molecular weight is 232 g/mol. The van der Waals surface area contributed by atoms with Crippen LogP contribution in [0.25, 0.3) is 0 Å². The van der Waals surface area contributed by atoms with Gasteiger partial charge in [-0.3, -0.25) is 9.59 Å². The van der Waals surface area contributed by atoms with Crippen LogP contribution in [0.4, 0.5) is 0 Å². The number of carbonyl (C=O) groups is 2. The van der Waals surface area contributed by atoms with Crippen LogP contribution in [0.5, 0.6) is 0 Å². The lowest BCUT2D eigenvalue weighted by Gasteiger charge is -2.19. The predicted molar refractivity (Wildman–Crippen MR) is 66.7 cm³/mol. The number of nitrogens with two attached hydrogens (primary N) is 1. The van der Waals surface area contributed by atoms with E-state index >= 15 is 0 Å². The Morgan fingerprint density at radius 2 is 2.06 bits per heavy atom. The zero-order valence-corrected chi connectivity index (χ0v) is 9.85. The van der Waals surface area contributed by atoms with Crippen molar-refractivity contribution in [2.24, 2.45) is 5.73 Å². The van der Waals surface area contributed by atoms with Crippen LogP contribution in [-0.2, 0) is 0 Å². The molecule has 0 heterocycles. The number of carbonyl (C=O) groups excluding carboxylic acids is 2. The predicted octanol–water partition coefficient (Wildman–Crippen LogP) is 1.43. The van der Waals surface area contributed by atoms with Crippen LogP contribution >= 0.6 is 0 Å². The first-order valence-corrected chi connectivity index (χ1v) is 5.40. The van der Waals surface area contributed by atoms with Gasteiger partial charge in [0.05, 0.1) is 0 Å². The van der Waals surface area contributed by atoms with E-state index in [-0.39, 0.29) is 5.91 Å². The quantitative estimate of drug-likeness (QED) is 0.781. The molecular formula is C13H16N2O2. The zero-order valence-electron chi connectivity index (χ0n) is 9.85. The lowest BCUT2D eigenvalue weighted by Crippen LogP contribution is -2.31. The molecule has 0 spiro atoms. The van der Waals surface area contributed by atoms with Crippen LogP contribution in [-0.4, -0.2) is 29.8 Å². The lowest BCUT2D eigenvalue weighted by atomic mass is 10.1. The van der Waals surface area contributed by atoms with Crippen LogP contribution in [0.15, 0.2) is 36.9 Å². The van der Waals surface area contributed by atoms with Crippen molar-refractivity contribution in [3.8, 4) is 0 Å². The van der Waals surface area contributed by atoms with Crippen LogP contribution in [0.3, 0.4) is 0 Å². The number of nitrogens with zero attached hydrogens (tertiary/aromatic N) is 1. The first-order valence-electron chi connectivity index (χ1n) is 5.40. The van der Waals surface area contributed by atoms with Gasteiger partial charge >= 0.3 is 0 Å². The molecule has 1 rings (SSSR count). The maximum absolute atomic E-state index is 12.1. The second kappa shape index (κ2) is 5.84. The number of benzene rings is 1. The third-order valence-corrected chi connectivity index (χ3v) is 2.41. The summed E-state index contributed by atoms with van der Waals surface area (Å²) in [5.41, 5.74) is 5.97. The number of amides is 2. The van der Waals surface area contributed by atoms with Gasteiger partial charge in [-0.25, -0.2) is 0 Å². The van der Waals surface area contributed by atoms with Crippen molar-refractivity contribution in [1.82, 2.24) is 4.90 Å². The van der Waals surface area contributed by atoms with Crippen molar-refractivity contribution in [1.29, 1.82) is 0 Å². The number of primary amides is 1. The third kappa shape index (κ3) is 3.17. The smallest absolute Gasteiger partial charge is 0.254 e. The SMILES string of the molecule is C=CCN(CC)C(=O)c1cccc(C(N)=O)c1. The van der Waals surface area contributed by atoms with Gasteiger partial charge in [-0.05, 0) is 25.1 Å². The maximum Gasteiger partial charge on any atom is 0.254 e. The number of hydrogen-bond acceptors (Lipinski definition) is 2. The van der Waals surface area contributed by atoms with E-state index in [1.54, 1.807) is 29.2 Å². The minimum atomic E-state index is -0.536. The van der Waals surface area contributed by atoms with Gasteiger partial charge < -0.3 is 10.6 Å². The second-order valence-corrected chi connectivity index (χ2v) is 3.58. The standard InChI is InChI=1S/C13H16N2O2/c1-3-8-15(4-2)13(17)11-7-5-6-10(9-11)12(14)16/h3,5-7,9H,1,4,8H2,2H3,(H2,14,16). The molecule has 1 aromatic rings. The second-order valence-electron chi connectivity index (χ2n) is 3.58. The summed E-state index contributed by atoms with van der Waals surface area (Å²) < 4.78 is 0. The number of likely N-dealkylation sites (N-methyl/N-ethyl adjacent to an activating group) is 1. The van der Waals surface area contributed by atoms with Gasteiger partial charge in [-0.15, -0.1) is 6.58 Å². The first-order chi connectivity index (χ1) is 8.10. The molecule has 2 amide bonds. The highest BCUT2D eigenvalue weighted by Crippen LogP contribution is 2.08. The minimum absolute atomic E-state index is 0.129. The molecule has 0 saturated heterocycles. The summed E-state index contributed by atoms with van der Waals surface area (Å²) in [4.78, 5) is 24.7. The van der Waals surface area contributed by atoms with E-state index < -0.39 is 5.91 Å². The molecule has 0 radical (unpaired) electrons. The molecule has 0 bridgehead atoms. The lowest BCUT2D eigenvalue weighted by molar-refractivity contribution is 0.0782. The van der Waals surface area contributed by atoms with E-state index in [9.17, 15) is 9.59 Å². The molecule has 4 nitrogen and oxygen atoms in total. The van der Waals surface area contributed by atoms with Gasteiger partial charge in [0, 0.05) is 24.2 Å². The Balaban J connectivity index is 2.98. The summed E-state index contributed by atoms with van der Waals surface area (Å²) in [7, 11) is 0. The molecule has 0 atom stereocenters. The molecule has 2 N–H and O–H groups in total. The minimum Gasteiger partial charge on any atom is -0.366 e. The first kappa shape index (κ1) is 13.0. The Hall–Kier alpha value is -2.10. The number of rotatable bonds is 5. The summed E-state index contributed by atoms with van der Waals surface area (Å²) >= 11 is 0. The zero-order chi connectivity index (χ0) is 12.8. The van der Waals surface area contributed by atoms with Crippen LogP contribution in [0, 0.1) is 0 Å². The van der Waals surface area contributed by atoms with Crippen molar-refractivity contribution < 1.29 is 9.59 Å². The van der Waals surface area contributed by atoms with Gasteiger partial charge in [0.2, 0.25) is 5.91 Å². The van der Waals surface area contributed by atoms with Gasteiger partial charge in [0.15, 0.2) is 0 Å². The molecule has 0 aromatic heterocycles. The van der Waals surface area contributed by atoms with E-state index in [4.69, 9.17) is 5.73 Å². The highest BCUT2D eigenvalue weighted by Gasteiger charge is 2.13. The largest absolute Gasteiger partial charge is 0.366 e. The maximum atomic E-state index is 12.1. The molecule has 0 fully saturated rings. The Morgan fingerprint density at radius 3 is 2.59 bits per heavy atom. The molecule has 0 aliphatic heterocycles. The van der Waals surface area contributed by atoms with Crippen LogP contribution in [0.1, 0.15) is 27.6 Å². The molecule has 90 valence electrons. The summed E-state index contributed by atoms with van der Waals surface area (Å²) in [6.45, 7) is 6.56. The van der Waals surface area contributed by atoms with Crippen LogP contribution in [0.2, 0.25) is 0 Å². The fraction of sp³-hybridized carbons (Fsp3) is 0.231. The molecule has 0 aliphatic rings. The fourth-order valence-corrected chi connectivity index (χ4v) is 1.50. The van der Waals surface area contributed by atoms with Crippen molar-refractivity contribution in [3.05, 3.63) is 48.0 Å². The van der Waals surface area contributed by atoms with Gasteiger partial charge in [-0.2, -0.15) is 0 Å². The Kier molecular flexibility index (Phi) is 4.46. The van der Waals surface area contributed by atoms with E-state index in [1.165, 1.54) is 6.07 Å². The monoisotopic (exact) mass is 232 g/mol. The summed E-state index contributed by atoms with van der Waals surface area (Å²) in [6.07, 6.45) is 1.67. The topological polar surface area (TPSA) is 63.4 Å². The summed E-state index contributed by atoms with van der Waals surface area (Å²) in [6, 6.07) is 6.41. The fourth-order valence-electron chi connectivity index (χ4n) is 1.50. The molecule has 0 unspecified atom stereocenters. The van der Waals surface area contributed by atoms with Crippen LogP contribution < -0.4 is 5.73 Å². The highest BCUT2D eigenvalue weighted by atomic mass is 16.2. The average Bonchev–Trinajstić information content (AvgIpc) is 2.35. The molecule has 17 heavy (non-hydrogen) atoms. The molecule has 0 saturated carbocycles. The molecule has 1 aromatic carbocycles. The Labute approximate surface area is 101 Å². The molecule has 4 heteroatoms. The van der Waals surface area contributed by atoms with Crippen molar-refractivity contribution >= 4 is 11.8 Å². The molecular weight excluding hydrogens is 216 g/mol. The Morgan fingerprint density at radius 1 is 1.41 bits per heavy atom. The van der Waals surface area contributed by atoms with Gasteiger partial charge in [0.1, 0.15) is 0 Å². The van der Waals surface area contributed by atoms with Gasteiger partial charge in [0.25, 0.3) is 5.91 Å². The highest BCUT2D eigenvalue weighted by molar-refractivity contribution is 5.99. The van der Waals surface area contributed by atoms with Crippen molar-refractivity contribution in [2.45, 2.75) is 6.92 Å². The summed E-state index contributed by atoms with van der Waals surface area (Å²) in [5.74, 6) is -0.665. The van der Waals surface area contributed by atoms with Gasteiger partial charge in [-0.1, -0.05) is 12.1 Å². The van der Waals surface area contributed by atoms with E-state index in [2.05, 4.69) is 6.58 Å². The van der Waals surface area contributed by atoms with E-state index in [0.29, 0.717) is 24.2 Å². The van der Waals surface area contributed by atoms with E-state index in [0.717, 1.165) is 0 Å². The Bertz CT molecular complexity index is 441. The number of hydrogen-bond donors (Lipinski definition) is 1. The summed E-state index contributed by atoms with van der Waals surface area (Å²) in [5, 5.41) is 0. The normalized spacial score (nSPS) is 9.71.